The van der Waals surface area contributed by atoms with Gasteiger partial charge in [-0.1, -0.05) is 36.4 Å². The first kappa shape index (κ1) is 10.6. The van der Waals surface area contributed by atoms with Gasteiger partial charge in [0, 0.05) is 12.8 Å². The van der Waals surface area contributed by atoms with Crippen LogP contribution in [0.25, 0.3) is 0 Å². The largest absolute Gasteiger partial charge is 0.263 e. The summed E-state index contributed by atoms with van der Waals surface area (Å²) in [5.41, 5.74) is 1.24. The number of nitrogens with one attached hydrogen (secondary N) is 1. The Bertz CT molecular complexity index is 445. The average Bonchev–Trinajstić information content (AvgIpc) is 2.75. The van der Waals surface area contributed by atoms with E-state index in [4.69, 9.17) is 0 Å². The van der Waals surface area contributed by atoms with Crippen molar-refractivity contribution in [2.24, 2.45) is 0 Å². The van der Waals surface area contributed by atoms with Crippen LogP contribution in [0.4, 0.5) is 0 Å². The van der Waals surface area contributed by atoms with E-state index in [2.05, 4.69) is 33.9 Å². The Morgan fingerprint density at radius 3 is 2.81 bits per heavy atom. The van der Waals surface area contributed by atoms with Gasteiger partial charge in [-0.3, -0.25) is 5.10 Å². The second-order valence-electron chi connectivity index (χ2n) is 3.69. The highest BCUT2D eigenvalue weighted by Crippen LogP contribution is 2.05. The van der Waals surface area contributed by atoms with E-state index in [0.717, 1.165) is 30.9 Å². The van der Waals surface area contributed by atoms with Gasteiger partial charge >= 0.3 is 0 Å². The number of aromatic amines is 1. The molecule has 0 radical (unpaired) electrons. The van der Waals surface area contributed by atoms with Gasteiger partial charge in [0.2, 0.25) is 0 Å². The van der Waals surface area contributed by atoms with E-state index in [-0.39, 0.29) is 0 Å². The third kappa shape index (κ3) is 2.79. The molecule has 0 saturated carbocycles. The molecule has 0 saturated heterocycles. The van der Waals surface area contributed by atoms with Crippen LogP contribution in [0.1, 0.15) is 23.6 Å². The predicted octanol–water partition coefficient (Wildman–Crippen LogP) is 2.51. The number of nitrogens with zero attached hydrogens (tertiary/aromatic N) is 2. The summed E-state index contributed by atoms with van der Waals surface area (Å²) in [4.78, 5) is 4.43. The zero-order chi connectivity index (χ0) is 11.2. The molecule has 82 valence electrons. The third-order valence-corrected chi connectivity index (χ3v) is 2.36. The average molecular weight is 213 g/mol. The van der Waals surface area contributed by atoms with Crippen LogP contribution < -0.4 is 0 Å². The molecule has 0 bridgehead atoms. The molecule has 0 aliphatic rings. The molecule has 3 nitrogen and oxygen atoms in total. The molecule has 0 atom stereocenters. The molecule has 0 fully saturated rings. The summed E-state index contributed by atoms with van der Waals surface area (Å²) in [5, 5.41) is 7.13. The number of benzene rings is 1. The predicted molar refractivity (Wildman–Crippen MR) is 64.1 cm³/mol. The van der Waals surface area contributed by atoms with E-state index in [1.165, 1.54) is 5.56 Å². The summed E-state index contributed by atoms with van der Waals surface area (Å²) in [6.45, 7) is 3.68. The van der Waals surface area contributed by atoms with E-state index in [0.29, 0.717) is 0 Å². The van der Waals surface area contributed by atoms with E-state index in [9.17, 15) is 0 Å². The number of allylic oxidation sites excluding steroid dienone is 1. The van der Waals surface area contributed by atoms with Crippen molar-refractivity contribution in [2.45, 2.75) is 19.3 Å². The third-order valence-electron chi connectivity index (χ3n) is 2.36. The maximum Gasteiger partial charge on any atom is 0.151 e. The smallest absolute Gasteiger partial charge is 0.151 e. The summed E-state index contributed by atoms with van der Waals surface area (Å²) in [5.74, 6) is 1.79. The number of hydrogen-bond donors (Lipinski definition) is 1. The summed E-state index contributed by atoms with van der Waals surface area (Å²) < 4.78 is 0. The molecular formula is C13H15N3. The number of H-pyrrole nitrogens is 1. The molecule has 16 heavy (non-hydrogen) atoms. The van der Waals surface area contributed by atoms with E-state index in [1.54, 1.807) is 0 Å². The van der Waals surface area contributed by atoms with Crippen molar-refractivity contribution >= 4 is 0 Å². The van der Waals surface area contributed by atoms with Gasteiger partial charge in [-0.2, -0.15) is 5.10 Å². The molecule has 0 unspecified atom stereocenters. The van der Waals surface area contributed by atoms with Gasteiger partial charge in [-0.15, -0.1) is 6.58 Å². The van der Waals surface area contributed by atoms with Crippen LogP contribution in [-0.2, 0) is 12.8 Å². The molecule has 1 aromatic carbocycles. The Labute approximate surface area is 95.2 Å². The summed E-state index contributed by atoms with van der Waals surface area (Å²) in [6.07, 6.45) is 4.46. The highest BCUT2D eigenvalue weighted by Gasteiger charge is 2.02. The van der Waals surface area contributed by atoms with Gasteiger partial charge < -0.3 is 0 Å². The molecule has 0 spiro atoms. The fourth-order valence-electron chi connectivity index (χ4n) is 1.55. The maximum atomic E-state index is 4.43. The molecule has 1 heterocycles. The van der Waals surface area contributed by atoms with Crippen molar-refractivity contribution in [3.63, 3.8) is 0 Å². The van der Waals surface area contributed by atoms with E-state index in [1.807, 2.05) is 24.3 Å². The SMILES string of the molecule is C=CCCc1n[nH]c(Cc2ccccc2)n1. The first-order valence-corrected chi connectivity index (χ1v) is 5.43. The lowest BCUT2D eigenvalue weighted by Crippen LogP contribution is -1.91. The van der Waals surface area contributed by atoms with Crippen LogP contribution in [0.3, 0.4) is 0 Å². The Morgan fingerprint density at radius 1 is 1.25 bits per heavy atom. The second kappa shape index (κ2) is 5.26. The summed E-state index contributed by atoms with van der Waals surface area (Å²) >= 11 is 0. The Balaban J connectivity index is 2.00. The fraction of sp³-hybridized carbons (Fsp3) is 0.231. The highest BCUT2D eigenvalue weighted by molar-refractivity contribution is 5.18. The molecule has 3 heteroatoms. The number of aryl methyl sites for hydroxylation is 1. The molecule has 1 N–H and O–H groups in total. The summed E-state index contributed by atoms with van der Waals surface area (Å²) in [6, 6.07) is 10.3. The van der Waals surface area contributed by atoms with E-state index < -0.39 is 0 Å². The number of aromatic nitrogens is 3. The lowest BCUT2D eigenvalue weighted by molar-refractivity contribution is 0.887. The molecule has 0 aliphatic carbocycles. The Morgan fingerprint density at radius 2 is 2.06 bits per heavy atom. The van der Waals surface area contributed by atoms with Gasteiger partial charge in [0.15, 0.2) is 5.82 Å². The monoisotopic (exact) mass is 213 g/mol. The zero-order valence-corrected chi connectivity index (χ0v) is 9.19. The maximum absolute atomic E-state index is 4.43. The topological polar surface area (TPSA) is 41.6 Å². The van der Waals surface area contributed by atoms with Crippen molar-refractivity contribution in [1.29, 1.82) is 0 Å². The molecule has 1 aromatic heterocycles. The first-order valence-electron chi connectivity index (χ1n) is 5.43. The van der Waals surface area contributed by atoms with Gasteiger partial charge in [0.25, 0.3) is 0 Å². The van der Waals surface area contributed by atoms with Crippen LogP contribution in [-0.4, -0.2) is 15.2 Å². The quantitative estimate of drug-likeness (QED) is 0.775. The Hall–Kier alpha value is -1.90. The van der Waals surface area contributed by atoms with Crippen molar-refractivity contribution in [2.75, 3.05) is 0 Å². The molecular weight excluding hydrogens is 198 g/mol. The van der Waals surface area contributed by atoms with Crippen molar-refractivity contribution < 1.29 is 0 Å². The van der Waals surface area contributed by atoms with Crippen LogP contribution in [0.15, 0.2) is 43.0 Å². The van der Waals surface area contributed by atoms with Crippen molar-refractivity contribution in [1.82, 2.24) is 15.2 Å². The highest BCUT2D eigenvalue weighted by atomic mass is 15.2. The summed E-state index contributed by atoms with van der Waals surface area (Å²) in [7, 11) is 0. The van der Waals surface area contributed by atoms with Crippen LogP contribution >= 0.6 is 0 Å². The zero-order valence-electron chi connectivity index (χ0n) is 9.19. The van der Waals surface area contributed by atoms with Gasteiger partial charge in [-0.05, 0) is 12.0 Å². The minimum atomic E-state index is 0.807. The number of rotatable bonds is 5. The second-order valence-corrected chi connectivity index (χ2v) is 3.69. The van der Waals surface area contributed by atoms with E-state index >= 15 is 0 Å². The van der Waals surface area contributed by atoms with Crippen molar-refractivity contribution in [3.8, 4) is 0 Å². The fourth-order valence-corrected chi connectivity index (χ4v) is 1.55. The van der Waals surface area contributed by atoms with Crippen LogP contribution in [0, 0.1) is 0 Å². The number of hydrogen-bond acceptors (Lipinski definition) is 2. The molecule has 0 amide bonds. The van der Waals surface area contributed by atoms with Crippen molar-refractivity contribution in [3.05, 3.63) is 60.2 Å². The molecule has 0 aliphatic heterocycles. The van der Waals surface area contributed by atoms with Crippen LogP contribution in [0.5, 0.6) is 0 Å². The first-order chi connectivity index (χ1) is 7.88. The van der Waals surface area contributed by atoms with Gasteiger partial charge in [0.1, 0.15) is 5.82 Å². The lowest BCUT2D eigenvalue weighted by atomic mass is 10.1. The normalized spacial score (nSPS) is 10.2. The minimum absolute atomic E-state index is 0.807. The van der Waals surface area contributed by atoms with Gasteiger partial charge in [0.05, 0.1) is 0 Å². The molecule has 2 aromatic rings. The molecule has 2 rings (SSSR count). The Kier molecular flexibility index (Phi) is 3.49. The van der Waals surface area contributed by atoms with Crippen LogP contribution in [0.2, 0.25) is 0 Å². The minimum Gasteiger partial charge on any atom is -0.263 e. The lowest BCUT2D eigenvalue weighted by Gasteiger charge is -1.95. The standard InChI is InChI=1S/C13H15N3/c1-2-3-9-12-14-13(16-15-12)10-11-7-5-4-6-8-11/h2,4-8H,1,3,9-10H2,(H,14,15,16). The van der Waals surface area contributed by atoms with Gasteiger partial charge in [-0.25, -0.2) is 4.98 Å².